The molecule has 0 atom stereocenters. The number of aryl methyl sites for hydroxylation is 1. The molecule has 0 radical (unpaired) electrons. The lowest BCUT2D eigenvalue weighted by molar-refractivity contribution is -0.120. The van der Waals surface area contributed by atoms with Crippen LogP contribution < -0.4 is 15.5 Å². The first-order chi connectivity index (χ1) is 12.5. The average molecular weight is 353 g/mol. The van der Waals surface area contributed by atoms with Gasteiger partial charge >= 0.3 is 0 Å². The van der Waals surface area contributed by atoms with Gasteiger partial charge in [0.1, 0.15) is 5.75 Å². The number of hydrogen-bond donors (Lipinski definition) is 2. The van der Waals surface area contributed by atoms with E-state index in [1.165, 1.54) is 0 Å². The molecule has 0 spiro atoms. The van der Waals surface area contributed by atoms with Crippen LogP contribution in [0.5, 0.6) is 5.75 Å². The molecule has 0 aromatic heterocycles. The number of nitrogens with one attached hydrogen (secondary N) is 2. The Labute approximate surface area is 153 Å². The Morgan fingerprint density at radius 2 is 1.85 bits per heavy atom. The minimum Gasteiger partial charge on any atom is -0.497 e. The molecule has 0 aliphatic rings. The second kappa shape index (κ2) is 9.36. The number of nitrogens with zero attached hydrogens (tertiary/aromatic N) is 1. The maximum Gasteiger partial charge on any atom is 0.271 e. The van der Waals surface area contributed by atoms with Crippen LogP contribution in [0, 0.1) is 6.92 Å². The molecular formula is C20H23N3O3. The van der Waals surface area contributed by atoms with Gasteiger partial charge in [-0.25, -0.2) is 5.43 Å². The molecule has 0 unspecified atom stereocenters. The Morgan fingerprint density at radius 3 is 2.50 bits per heavy atom. The van der Waals surface area contributed by atoms with Crippen LogP contribution in [-0.4, -0.2) is 24.6 Å². The predicted molar refractivity (Wildman–Crippen MR) is 101 cm³/mol. The van der Waals surface area contributed by atoms with Crippen molar-refractivity contribution in [3.8, 4) is 5.75 Å². The van der Waals surface area contributed by atoms with E-state index in [2.05, 4.69) is 15.8 Å². The molecule has 2 aromatic carbocycles. The SMILES string of the molecule is COc1ccc(CNC(=O)C/C(C)=N\NC(=O)c2cccc(C)c2)cc1. The highest BCUT2D eigenvalue weighted by Gasteiger charge is 2.07. The third-order valence-corrected chi connectivity index (χ3v) is 3.69. The van der Waals surface area contributed by atoms with Crippen LogP contribution in [-0.2, 0) is 11.3 Å². The molecule has 2 rings (SSSR count). The second-order valence-electron chi connectivity index (χ2n) is 5.96. The molecule has 0 bridgehead atoms. The van der Waals surface area contributed by atoms with E-state index in [4.69, 9.17) is 4.74 Å². The van der Waals surface area contributed by atoms with E-state index in [-0.39, 0.29) is 18.2 Å². The number of carbonyl (C=O) groups is 2. The number of carbonyl (C=O) groups excluding carboxylic acids is 2. The van der Waals surface area contributed by atoms with E-state index in [1.807, 2.05) is 43.3 Å². The first-order valence-corrected chi connectivity index (χ1v) is 8.27. The molecule has 6 nitrogen and oxygen atoms in total. The van der Waals surface area contributed by atoms with Crippen LogP contribution in [0.1, 0.15) is 34.8 Å². The minimum absolute atomic E-state index is 0.115. The van der Waals surface area contributed by atoms with Crippen LogP contribution in [0.3, 0.4) is 0 Å². The van der Waals surface area contributed by atoms with Crippen molar-refractivity contribution < 1.29 is 14.3 Å². The standard InChI is InChI=1S/C20H23N3O3/c1-14-5-4-6-17(11-14)20(25)23-22-15(2)12-19(24)21-13-16-7-9-18(26-3)10-8-16/h4-11H,12-13H2,1-3H3,(H,21,24)(H,23,25)/b22-15-. The summed E-state index contributed by atoms with van der Waals surface area (Å²) in [6.45, 7) is 4.04. The fraction of sp³-hybridized carbons (Fsp3) is 0.250. The monoisotopic (exact) mass is 353 g/mol. The Hall–Kier alpha value is -3.15. The van der Waals surface area contributed by atoms with Crippen molar-refractivity contribution in [2.45, 2.75) is 26.8 Å². The van der Waals surface area contributed by atoms with E-state index >= 15 is 0 Å². The van der Waals surface area contributed by atoms with Crippen molar-refractivity contribution in [3.05, 3.63) is 65.2 Å². The molecule has 2 N–H and O–H groups in total. The normalized spacial score (nSPS) is 11.0. The maximum atomic E-state index is 12.0. The summed E-state index contributed by atoms with van der Waals surface area (Å²) < 4.78 is 5.09. The topological polar surface area (TPSA) is 79.8 Å². The third-order valence-electron chi connectivity index (χ3n) is 3.69. The zero-order valence-corrected chi connectivity index (χ0v) is 15.2. The Balaban J connectivity index is 1.80. The summed E-state index contributed by atoms with van der Waals surface area (Å²) in [6, 6.07) is 14.7. The minimum atomic E-state index is -0.299. The van der Waals surface area contributed by atoms with Crippen LogP contribution in [0.2, 0.25) is 0 Å². The lowest BCUT2D eigenvalue weighted by atomic mass is 10.1. The molecule has 136 valence electrons. The van der Waals surface area contributed by atoms with Crippen LogP contribution in [0.25, 0.3) is 0 Å². The first-order valence-electron chi connectivity index (χ1n) is 8.27. The third kappa shape index (κ3) is 6.05. The molecule has 0 aliphatic carbocycles. The number of hydrazone groups is 1. The van der Waals surface area contributed by atoms with E-state index in [1.54, 1.807) is 26.2 Å². The smallest absolute Gasteiger partial charge is 0.271 e. The molecule has 6 heteroatoms. The summed E-state index contributed by atoms with van der Waals surface area (Å²) in [6.07, 6.45) is 0.115. The number of amides is 2. The Kier molecular flexibility index (Phi) is 6.91. The summed E-state index contributed by atoms with van der Waals surface area (Å²) in [5.74, 6) is 0.311. The van der Waals surface area contributed by atoms with Crippen LogP contribution >= 0.6 is 0 Å². The van der Waals surface area contributed by atoms with Gasteiger partial charge in [0.25, 0.3) is 5.91 Å². The second-order valence-corrected chi connectivity index (χ2v) is 5.96. The highest BCUT2D eigenvalue weighted by Crippen LogP contribution is 2.11. The van der Waals surface area contributed by atoms with E-state index < -0.39 is 0 Å². The summed E-state index contributed by atoms with van der Waals surface area (Å²) >= 11 is 0. The summed E-state index contributed by atoms with van der Waals surface area (Å²) in [4.78, 5) is 24.0. The van der Waals surface area contributed by atoms with Gasteiger partial charge in [-0.3, -0.25) is 9.59 Å². The number of ether oxygens (including phenoxy) is 1. The molecular weight excluding hydrogens is 330 g/mol. The van der Waals surface area contributed by atoms with Gasteiger partial charge in [0.15, 0.2) is 0 Å². The number of rotatable bonds is 7. The van der Waals surface area contributed by atoms with Gasteiger partial charge in [-0.05, 0) is 43.7 Å². The van der Waals surface area contributed by atoms with Crippen LogP contribution in [0.15, 0.2) is 53.6 Å². The van der Waals surface area contributed by atoms with Gasteiger partial charge < -0.3 is 10.1 Å². The predicted octanol–water partition coefficient (Wildman–Crippen LogP) is 2.82. The van der Waals surface area contributed by atoms with Crippen molar-refractivity contribution in [2.75, 3.05) is 7.11 Å². The number of hydrogen-bond acceptors (Lipinski definition) is 4. The molecule has 0 heterocycles. The largest absolute Gasteiger partial charge is 0.497 e. The molecule has 0 fully saturated rings. The average Bonchev–Trinajstić information content (AvgIpc) is 2.65. The zero-order chi connectivity index (χ0) is 18.9. The van der Waals surface area contributed by atoms with Crippen molar-refractivity contribution in [3.63, 3.8) is 0 Å². The first kappa shape index (κ1) is 19.2. The molecule has 0 saturated heterocycles. The van der Waals surface area contributed by atoms with Gasteiger partial charge in [-0.2, -0.15) is 5.10 Å². The van der Waals surface area contributed by atoms with E-state index in [0.29, 0.717) is 17.8 Å². The van der Waals surface area contributed by atoms with Gasteiger partial charge in [-0.15, -0.1) is 0 Å². The van der Waals surface area contributed by atoms with Crippen molar-refractivity contribution in [1.29, 1.82) is 0 Å². The highest BCUT2D eigenvalue weighted by atomic mass is 16.5. The zero-order valence-electron chi connectivity index (χ0n) is 15.2. The Bertz CT molecular complexity index is 798. The molecule has 26 heavy (non-hydrogen) atoms. The van der Waals surface area contributed by atoms with Crippen molar-refractivity contribution in [2.24, 2.45) is 5.10 Å². The van der Waals surface area contributed by atoms with Gasteiger partial charge in [0.2, 0.25) is 5.91 Å². The summed E-state index contributed by atoms with van der Waals surface area (Å²) in [5.41, 5.74) is 5.50. The van der Waals surface area contributed by atoms with E-state index in [9.17, 15) is 9.59 Å². The van der Waals surface area contributed by atoms with Crippen LogP contribution in [0.4, 0.5) is 0 Å². The number of benzene rings is 2. The summed E-state index contributed by atoms with van der Waals surface area (Å²) in [7, 11) is 1.61. The molecule has 0 saturated carbocycles. The van der Waals surface area contributed by atoms with Gasteiger partial charge in [0.05, 0.1) is 13.5 Å². The van der Waals surface area contributed by atoms with Gasteiger partial charge in [-0.1, -0.05) is 29.8 Å². The lowest BCUT2D eigenvalue weighted by Crippen LogP contribution is -2.26. The van der Waals surface area contributed by atoms with Crippen molar-refractivity contribution in [1.82, 2.24) is 10.7 Å². The highest BCUT2D eigenvalue weighted by molar-refractivity contribution is 6.01. The Morgan fingerprint density at radius 1 is 1.12 bits per heavy atom. The van der Waals surface area contributed by atoms with E-state index in [0.717, 1.165) is 16.9 Å². The number of methoxy groups -OCH3 is 1. The van der Waals surface area contributed by atoms with Gasteiger partial charge in [0, 0.05) is 17.8 Å². The summed E-state index contributed by atoms with van der Waals surface area (Å²) in [5, 5.41) is 6.81. The molecule has 2 aromatic rings. The molecule has 2 amide bonds. The quantitative estimate of drug-likeness (QED) is 0.593. The fourth-order valence-electron chi connectivity index (χ4n) is 2.28. The van der Waals surface area contributed by atoms with Crippen molar-refractivity contribution >= 4 is 17.5 Å². The maximum absolute atomic E-state index is 12.0. The molecule has 0 aliphatic heterocycles. The fourth-order valence-corrected chi connectivity index (χ4v) is 2.28. The lowest BCUT2D eigenvalue weighted by Gasteiger charge is -2.07.